The molecule has 0 bridgehead atoms. The molecule has 2 amide bonds. The lowest BCUT2D eigenvalue weighted by Gasteiger charge is -2.16. The van der Waals surface area contributed by atoms with Crippen molar-refractivity contribution < 1.29 is 19.1 Å². The fourth-order valence-corrected chi connectivity index (χ4v) is 4.55. The number of anilines is 2. The molecule has 1 aromatic carbocycles. The number of methoxy groups -OCH3 is 1. The summed E-state index contributed by atoms with van der Waals surface area (Å²) in [6.45, 7) is 2.03. The van der Waals surface area contributed by atoms with E-state index in [-0.39, 0.29) is 24.2 Å². The molecule has 3 rings (SSSR count). The molecule has 2 aromatic rings. The number of carbonyl (C=O) groups excluding carboxylic acids is 3. The lowest BCUT2D eigenvalue weighted by molar-refractivity contribution is -0.139. The molecule has 0 aliphatic carbocycles. The molecule has 10 heteroatoms. The van der Waals surface area contributed by atoms with Crippen LogP contribution in [0, 0.1) is 5.92 Å². The number of para-hydroxylation sites is 1. The number of aromatic nitrogens is 2. The smallest absolute Gasteiger partial charge is 0.318 e. The molecule has 1 saturated heterocycles. The van der Waals surface area contributed by atoms with Gasteiger partial charge in [-0.2, -0.15) is 0 Å². The predicted molar refractivity (Wildman–Crippen MR) is 103 cm³/mol. The summed E-state index contributed by atoms with van der Waals surface area (Å²) in [5.41, 5.74) is 0.782. The minimum atomic E-state index is -0.452. The fraction of sp³-hybridized carbons (Fsp3) is 0.353. The Labute approximate surface area is 164 Å². The van der Waals surface area contributed by atoms with Crippen LogP contribution in [0.4, 0.5) is 10.8 Å². The minimum absolute atomic E-state index is 0.0817. The van der Waals surface area contributed by atoms with E-state index in [0.29, 0.717) is 16.0 Å². The average Bonchev–Trinajstić information content (AvgIpc) is 3.28. The third-order valence-electron chi connectivity index (χ3n) is 4.01. The third kappa shape index (κ3) is 4.64. The molecule has 27 heavy (non-hydrogen) atoms. The number of hydrogen-bond acceptors (Lipinski definition) is 8. The zero-order valence-corrected chi connectivity index (χ0v) is 16.4. The van der Waals surface area contributed by atoms with Crippen LogP contribution in [0.15, 0.2) is 34.7 Å². The normalized spacial score (nSPS) is 17.6. The Hall–Kier alpha value is -2.46. The molecule has 1 aromatic heterocycles. The number of esters is 1. The van der Waals surface area contributed by atoms with Gasteiger partial charge in [-0.1, -0.05) is 41.3 Å². The molecule has 0 unspecified atom stereocenters. The minimum Gasteiger partial charge on any atom is -0.468 e. The van der Waals surface area contributed by atoms with E-state index in [1.165, 1.54) is 30.2 Å². The van der Waals surface area contributed by atoms with Crippen LogP contribution in [0.25, 0.3) is 0 Å². The van der Waals surface area contributed by atoms with Crippen LogP contribution < -0.4 is 10.2 Å². The van der Waals surface area contributed by atoms with Gasteiger partial charge in [0.1, 0.15) is 5.25 Å². The van der Waals surface area contributed by atoms with Crippen molar-refractivity contribution >= 4 is 51.7 Å². The number of ether oxygens (including phenoxy) is 1. The van der Waals surface area contributed by atoms with Gasteiger partial charge in [-0.3, -0.25) is 14.4 Å². The van der Waals surface area contributed by atoms with E-state index in [4.69, 9.17) is 0 Å². The molecule has 1 aliphatic heterocycles. The highest BCUT2D eigenvalue weighted by atomic mass is 32.2. The molecule has 2 heterocycles. The lowest BCUT2D eigenvalue weighted by atomic mass is 10.1. The van der Waals surface area contributed by atoms with E-state index >= 15 is 0 Å². The summed E-state index contributed by atoms with van der Waals surface area (Å²) in [5, 5.41) is 10.5. The summed E-state index contributed by atoms with van der Waals surface area (Å²) in [5.74, 6) is -1.16. The van der Waals surface area contributed by atoms with Gasteiger partial charge >= 0.3 is 5.97 Å². The summed E-state index contributed by atoms with van der Waals surface area (Å²) in [7, 11) is 1.33. The van der Waals surface area contributed by atoms with Crippen LogP contribution in [0.5, 0.6) is 0 Å². The van der Waals surface area contributed by atoms with E-state index in [0.717, 1.165) is 5.69 Å². The van der Waals surface area contributed by atoms with Gasteiger partial charge < -0.3 is 15.0 Å². The van der Waals surface area contributed by atoms with Crippen LogP contribution >= 0.6 is 23.1 Å². The maximum Gasteiger partial charge on any atom is 0.318 e. The molecular formula is C17H18N4O4S2. The van der Waals surface area contributed by atoms with Crippen LogP contribution in [0.1, 0.15) is 13.3 Å². The van der Waals surface area contributed by atoms with Crippen molar-refractivity contribution in [3.63, 3.8) is 0 Å². The number of nitrogens with zero attached hydrogens (tertiary/aromatic N) is 3. The first-order chi connectivity index (χ1) is 13.0. The van der Waals surface area contributed by atoms with Gasteiger partial charge in [-0.15, -0.1) is 10.2 Å². The highest BCUT2D eigenvalue weighted by Crippen LogP contribution is 2.30. The average molecular weight is 406 g/mol. The first kappa shape index (κ1) is 19.3. The second kappa shape index (κ2) is 8.49. The molecule has 1 N–H and O–H groups in total. The highest BCUT2D eigenvalue weighted by Gasteiger charge is 2.35. The summed E-state index contributed by atoms with van der Waals surface area (Å²) in [6, 6.07) is 9.27. The maximum absolute atomic E-state index is 12.5. The number of nitrogens with one attached hydrogen (secondary N) is 1. The molecular weight excluding hydrogens is 388 g/mol. The second-order valence-corrected chi connectivity index (χ2v) is 8.45. The monoisotopic (exact) mass is 406 g/mol. The van der Waals surface area contributed by atoms with Gasteiger partial charge in [0.25, 0.3) is 0 Å². The molecule has 142 valence electrons. The van der Waals surface area contributed by atoms with E-state index in [9.17, 15) is 14.4 Å². The number of carbonyl (C=O) groups is 3. The fourth-order valence-electron chi connectivity index (χ4n) is 2.62. The van der Waals surface area contributed by atoms with Crippen molar-refractivity contribution in [2.45, 2.75) is 22.9 Å². The quantitative estimate of drug-likeness (QED) is 0.446. The van der Waals surface area contributed by atoms with E-state index in [1.807, 2.05) is 30.3 Å². The van der Waals surface area contributed by atoms with Gasteiger partial charge in [0.05, 0.1) is 13.0 Å². The summed E-state index contributed by atoms with van der Waals surface area (Å²) >= 11 is 2.39. The number of benzene rings is 1. The maximum atomic E-state index is 12.5. The van der Waals surface area contributed by atoms with Gasteiger partial charge in [-0.05, 0) is 19.1 Å². The van der Waals surface area contributed by atoms with Gasteiger partial charge in [0.2, 0.25) is 16.9 Å². The molecule has 1 fully saturated rings. The predicted octanol–water partition coefficient (Wildman–Crippen LogP) is 2.18. The van der Waals surface area contributed by atoms with Crippen molar-refractivity contribution in [2.75, 3.05) is 23.9 Å². The zero-order chi connectivity index (χ0) is 19.4. The van der Waals surface area contributed by atoms with Crippen LogP contribution in [-0.4, -0.2) is 46.9 Å². The lowest BCUT2D eigenvalue weighted by Crippen LogP contribution is -2.28. The first-order valence-electron chi connectivity index (χ1n) is 8.22. The van der Waals surface area contributed by atoms with E-state index < -0.39 is 11.2 Å². The van der Waals surface area contributed by atoms with Crippen molar-refractivity contribution in [1.82, 2.24) is 10.2 Å². The molecule has 0 radical (unpaired) electrons. The number of hydrogen-bond donors (Lipinski definition) is 1. The SMILES string of the molecule is COC(=O)[C@H](C)Sc1nnc(NC(=O)[C@@H]2CC(=O)N(c3ccccc3)C2)s1. The number of thioether (sulfide) groups is 1. The second-order valence-electron chi connectivity index (χ2n) is 5.89. The Kier molecular flexibility index (Phi) is 6.07. The standard InChI is InChI=1S/C17H18N4O4S2/c1-10(15(24)25-2)26-17-20-19-16(27-17)18-14(23)11-8-13(22)21(9-11)12-6-4-3-5-7-12/h3-7,10-11H,8-9H2,1-2H3,(H,18,19,23)/t10-,11+/m0/s1. The van der Waals surface area contributed by atoms with Gasteiger partial charge in [0, 0.05) is 18.7 Å². The van der Waals surface area contributed by atoms with Crippen LogP contribution in [0.3, 0.4) is 0 Å². The van der Waals surface area contributed by atoms with Crippen LogP contribution in [0.2, 0.25) is 0 Å². The topological polar surface area (TPSA) is 101 Å². The van der Waals surface area contributed by atoms with Gasteiger partial charge in [0.15, 0.2) is 4.34 Å². The molecule has 0 spiro atoms. The van der Waals surface area contributed by atoms with E-state index in [1.54, 1.807) is 11.8 Å². The number of amides is 2. The highest BCUT2D eigenvalue weighted by molar-refractivity contribution is 8.02. The largest absolute Gasteiger partial charge is 0.468 e. The number of rotatable bonds is 6. The van der Waals surface area contributed by atoms with E-state index in [2.05, 4.69) is 20.3 Å². The molecule has 0 saturated carbocycles. The molecule has 2 atom stereocenters. The van der Waals surface area contributed by atoms with Crippen molar-refractivity contribution in [1.29, 1.82) is 0 Å². The zero-order valence-electron chi connectivity index (χ0n) is 14.7. The first-order valence-corrected chi connectivity index (χ1v) is 9.92. The Balaban J connectivity index is 1.58. The van der Waals surface area contributed by atoms with Crippen molar-refractivity contribution in [2.24, 2.45) is 5.92 Å². The third-order valence-corrected chi connectivity index (χ3v) is 6.01. The summed E-state index contributed by atoms with van der Waals surface area (Å²) in [6.07, 6.45) is 0.153. The Morgan fingerprint density at radius 1 is 1.33 bits per heavy atom. The van der Waals surface area contributed by atoms with Crippen LogP contribution in [-0.2, 0) is 19.1 Å². The van der Waals surface area contributed by atoms with Gasteiger partial charge in [-0.25, -0.2) is 0 Å². The Morgan fingerprint density at radius 2 is 2.07 bits per heavy atom. The summed E-state index contributed by atoms with van der Waals surface area (Å²) < 4.78 is 5.22. The van der Waals surface area contributed by atoms with Crippen molar-refractivity contribution in [3.8, 4) is 0 Å². The Bertz CT molecular complexity index is 842. The molecule has 1 aliphatic rings. The Morgan fingerprint density at radius 3 is 2.78 bits per heavy atom. The summed E-state index contributed by atoms with van der Waals surface area (Å²) in [4.78, 5) is 37.8. The molecule has 8 nitrogen and oxygen atoms in total. The van der Waals surface area contributed by atoms with Crippen molar-refractivity contribution in [3.05, 3.63) is 30.3 Å².